The second-order valence-electron chi connectivity index (χ2n) is 6.14. The Morgan fingerprint density at radius 1 is 1.36 bits per heavy atom. The lowest BCUT2D eigenvalue weighted by molar-refractivity contribution is -0.133. The highest BCUT2D eigenvalue weighted by Gasteiger charge is 2.39. The van der Waals surface area contributed by atoms with Crippen molar-refractivity contribution in [2.24, 2.45) is 5.73 Å². The first kappa shape index (κ1) is 22.1. The Bertz CT molecular complexity index is 859. The molecule has 1 aliphatic heterocycles. The molecule has 0 bridgehead atoms. The van der Waals surface area contributed by atoms with Crippen LogP contribution in [0.5, 0.6) is 0 Å². The minimum atomic E-state index is -4.36. The fourth-order valence-corrected chi connectivity index (χ4v) is 4.97. The molecule has 1 aromatic rings. The van der Waals surface area contributed by atoms with Crippen molar-refractivity contribution >= 4 is 37.8 Å². The van der Waals surface area contributed by atoms with E-state index in [9.17, 15) is 27.0 Å². The molecule has 1 fully saturated rings. The molecule has 2 rings (SSSR count). The largest absolute Gasteiger partial charge is 0.358 e. The van der Waals surface area contributed by atoms with E-state index in [-0.39, 0.29) is 36.6 Å². The van der Waals surface area contributed by atoms with Crippen molar-refractivity contribution in [2.45, 2.75) is 36.8 Å². The van der Waals surface area contributed by atoms with Gasteiger partial charge in [-0.05, 0) is 37.9 Å². The molecule has 3 N–H and O–H groups in total. The Hall–Kier alpha value is -2.18. The summed E-state index contributed by atoms with van der Waals surface area (Å²) in [7, 11) is -6.30. The summed E-state index contributed by atoms with van der Waals surface area (Å²) >= 11 is 0. The molecule has 0 radical (unpaired) electrons. The summed E-state index contributed by atoms with van der Waals surface area (Å²) in [5.41, 5.74) is 4.92. The lowest BCUT2D eigenvalue weighted by atomic mass is 10.1. The summed E-state index contributed by atoms with van der Waals surface area (Å²) in [6, 6.07) is 3.10. The lowest BCUT2D eigenvalue weighted by Crippen LogP contribution is -2.49. The smallest absolute Gasteiger partial charge is 0.306 e. The molecule has 2 amide bonds. The fourth-order valence-electron chi connectivity index (χ4n) is 2.80. The van der Waals surface area contributed by atoms with Crippen molar-refractivity contribution < 1.29 is 27.0 Å². The highest BCUT2D eigenvalue weighted by atomic mass is 32.2. The number of nitrogens with two attached hydrogens (primary N) is 1. The Labute approximate surface area is 165 Å². The average Bonchev–Trinajstić information content (AvgIpc) is 2.87. The van der Waals surface area contributed by atoms with Crippen molar-refractivity contribution in [1.82, 2.24) is 14.6 Å². The van der Waals surface area contributed by atoms with E-state index in [1.165, 1.54) is 24.4 Å². The topological polar surface area (TPSA) is 157 Å². The van der Waals surface area contributed by atoms with E-state index >= 15 is 0 Å². The second kappa shape index (κ2) is 9.85. The molecule has 0 saturated carbocycles. The third kappa shape index (κ3) is 5.42. The van der Waals surface area contributed by atoms with Crippen LogP contribution in [-0.2, 0) is 30.4 Å². The highest BCUT2D eigenvalue weighted by Crippen LogP contribution is 2.22. The van der Waals surface area contributed by atoms with E-state index < -0.39 is 43.8 Å². The van der Waals surface area contributed by atoms with Crippen molar-refractivity contribution in [3.05, 3.63) is 24.4 Å². The normalized spacial score (nSPS) is 18.9. The summed E-state index contributed by atoms with van der Waals surface area (Å²) in [6.07, 6.45) is 1.67. The van der Waals surface area contributed by atoms with E-state index in [0.717, 1.165) is 0 Å². The van der Waals surface area contributed by atoms with Gasteiger partial charge in [-0.3, -0.25) is 14.4 Å². The van der Waals surface area contributed by atoms with E-state index in [0.29, 0.717) is 17.3 Å². The van der Waals surface area contributed by atoms with Gasteiger partial charge in [0.2, 0.25) is 5.91 Å². The number of Topliss-reactive ketones (excluding diaryl/α,β-unsaturated/α-hetero) is 1. The first-order chi connectivity index (χ1) is 13.2. The van der Waals surface area contributed by atoms with Gasteiger partial charge in [0.15, 0.2) is 10.8 Å². The quantitative estimate of drug-likeness (QED) is 0.588. The van der Waals surface area contributed by atoms with E-state index in [1.807, 2.05) is 0 Å². The van der Waals surface area contributed by atoms with Crippen LogP contribution in [0.15, 0.2) is 29.4 Å². The molecule has 1 aliphatic rings. The van der Waals surface area contributed by atoms with Crippen LogP contribution in [0.25, 0.3) is 0 Å². The number of amides is 2. The van der Waals surface area contributed by atoms with Crippen molar-refractivity contribution in [3.8, 4) is 0 Å². The van der Waals surface area contributed by atoms with Gasteiger partial charge in [0.25, 0.3) is 10.0 Å². The van der Waals surface area contributed by atoms with Crippen LogP contribution in [-0.4, -0.2) is 63.7 Å². The molecule has 10 nitrogen and oxygen atoms in total. The van der Waals surface area contributed by atoms with Gasteiger partial charge in [0.1, 0.15) is 16.8 Å². The minimum Gasteiger partial charge on any atom is -0.358 e. The van der Waals surface area contributed by atoms with Crippen LogP contribution in [0.2, 0.25) is 0 Å². The van der Waals surface area contributed by atoms with Gasteiger partial charge in [-0.15, -0.1) is 0 Å². The summed E-state index contributed by atoms with van der Waals surface area (Å²) in [5.74, 6) is -1.39. The molecule has 0 aliphatic carbocycles. The minimum absolute atomic E-state index is 0.0121. The lowest BCUT2D eigenvalue weighted by Gasteiger charge is -2.29. The number of pyridine rings is 1. The molecule has 154 valence electrons. The average molecular weight is 431 g/mol. The van der Waals surface area contributed by atoms with Crippen LogP contribution >= 0.6 is 0 Å². The van der Waals surface area contributed by atoms with E-state index in [1.54, 1.807) is 0 Å². The van der Waals surface area contributed by atoms with E-state index in [4.69, 9.17) is 5.73 Å². The van der Waals surface area contributed by atoms with Gasteiger partial charge in [0.05, 0.1) is 6.54 Å². The number of rotatable bonds is 7. The first-order valence-corrected chi connectivity index (χ1v) is 11.4. The Kier molecular flexibility index (Phi) is 7.78. The SMILES string of the molecule is NC(=O)S(=O)CCCC(=O)N([C@H]1CCCNCC1=O)S(=O)(=O)c1ccccn1. The maximum absolute atomic E-state index is 13.1. The summed E-state index contributed by atoms with van der Waals surface area (Å²) < 4.78 is 38.2. The van der Waals surface area contributed by atoms with Crippen LogP contribution in [0, 0.1) is 0 Å². The number of hydrogen-bond acceptors (Lipinski definition) is 8. The summed E-state index contributed by atoms with van der Waals surface area (Å²) in [5, 5.41) is 1.55. The molecule has 1 unspecified atom stereocenters. The van der Waals surface area contributed by atoms with Crippen molar-refractivity contribution in [3.63, 3.8) is 0 Å². The van der Waals surface area contributed by atoms with E-state index in [2.05, 4.69) is 10.3 Å². The highest BCUT2D eigenvalue weighted by molar-refractivity contribution is 8.00. The van der Waals surface area contributed by atoms with Crippen LogP contribution in [0.4, 0.5) is 4.79 Å². The fraction of sp³-hybridized carbons (Fsp3) is 0.500. The number of ketones is 1. The van der Waals surface area contributed by atoms with Gasteiger partial charge < -0.3 is 11.1 Å². The predicted octanol–water partition coefficient (Wildman–Crippen LogP) is -0.472. The molecule has 1 saturated heterocycles. The zero-order valence-corrected chi connectivity index (χ0v) is 16.7. The molecular weight excluding hydrogens is 408 g/mol. The third-order valence-corrected chi connectivity index (χ3v) is 6.99. The standard InChI is InChI=1S/C16H22N4O6S2/c17-16(23)27(24)10-4-7-15(22)20(12-5-3-8-18-11-13(12)21)28(25,26)14-6-1-2-9-19-14/h1-2,6,9,12,18H,3-5,7-8,10-11H2,(H2,17,23)/t12-,27?/m0/s1. The maximum atomic E-state index is 13.1. The first-order valence-electron chi connectivity index (χ1n) is 8.64. The third-order valence-electron chi connectivity index (χ3n) is 4.14. The molecule has 2 heterocycles. The maximum Gasteiger partial charge on any atom is 0.306 e. The molecule has 1 aromatic heterocycles. The van der Waals surface area contributed by atoms with Gasteiger partial charge in [-0.2, -0.15) is 8.42 Å². The Balaban J connectivity index is 2.30. The predicted molar refractivity (Wildman–Crippen MR) is 101 cm³/mol. The zero-order valence-electron chi connectivity index (χ0n) is 15.1. The van der Waals surface area contributed by atoms with Crippen LogP contribution < -0.4 is 11.1 Å². The number of nitrogens with zero attached hydrogens (tertiary/aromatic N) is 2. The Morgan fingerprint density at radius 2 is 2.11 bits per heavy atom. The molecular formula is C16H22N4O6S2. The number of hydrogen-bond donors (Lipinski definition) is 2. The molecule has 0 spiro atoms. The van der Waals surface area contributed by atoms with Crippen molar-refractivity contribution in [2.75, 3.05) is 18.8 Å². The second-order valence-corrected chi connectivity index (χ2v) is 9.40. The van der Waals surface area contributed by atoms with Crippen LogP contribution in [0.3, 0.4) is 0 Å². The number of nitrogens with one attached hydrogen (secondary N) is 1. The molecule has 28 heavy (non-hydrogen) atoms. The monoisotopic (exact) mass is 430 g/mol. The van der Waals surface area contributed by atoms with Crippen molar-refractivity contribution in [1.29, 1.82) is 0 Å². The molecule has 12 heteroatoms. The van der Waals surface area contributed by atoms with Gasteiger partial charge in [-0.1, -0.05) is 6.07 Å². The molecule has 2 atom stereocenters. The summed E-state index contributed by atoms with van der Waals surface area (Å²) in [6.45, 7) is 0.489. The Morgan fingerprint density at radius 3 is 2.75 bits per heavy atom. The number of primary amides is 1. The van der Waals surface area contributed by atoms with Gasteiger partial charge >= 0.3 is 5.24 Å². The van der Waals surface area contributed by atoms with Crippen LogP contribution in [0.1, 0.15) is 25.7 Å². The van der Waals surface area contributed by atoms with Gasteiger partial charge in [0, 0.05) is 18.4 Å². The zero-order chi connectivity index (χ0) is 20.7. The summed E-state index contributed by atoms with van der Waals surface area (Å²) in [4.78, 5) is 39.9. The number of carbonyl (C=O) groups is 3. The number of carbonyl (C=O) groups excluding carboxylic acids is 3. The number of sulfonamides is 1. The molecule has 0 aromatic carbocycles. The van der Waals surface area contributed by atoms with Gasteiger partial charge in [-0.25, -0.2) is 13.5 Å². The number of aromatic nitrogens is 1.